The molecule has 6 N–H and O–H groups in total. The van der Waals surface area contributed by atoms with Crippen molar-refractivity contribution in [2.75, 3.05) is 13.2 Å². The van der Waals surface area contributed by atoms with Gasteiger partial charge < -0.3 is 44.8 Å². The third-order valence-corrected chi connectivity index (χ3v) is 5.24. The van der Waals surface area contributed by atoms with Crippen LogP contribution in [-0.2, 0) is 14.2 Å². The van der Waals surface area contributed by atoms with Crippen LogP contribution in [0.15, 0.2) is 0 Å². The Hall–Kier alpha value is -0.360. The molecule has 0 amide bonds. The van der Waals surface area contributed by atoms with Crippen molar-refractivity contribution in [3.8, 4) is 0 Å². The van der Waals surface area contributed by atoms with E-state index in [1.54, 1.807) is 6.92 Å². The molecule has 10 unspecified atom stereocenters. The molecule has 10 atom stereocenters. The van der Waals surface area contributed by atoms with Gasteiger partial charge in [0.2, 0.25) is 0 Å². The second-order valence-corrected chi connectivity index (χ2v) is 8.29. The fourth-order valence-corrected chi connectivity index (χ4v) is 3.51. The number of aliphatic hydroxyl groups excluding tert-OH is 6. The first-order chi connectivity index (χ1) is 12.0. The van der Waals surface area contributed by atoms with Gasteiger partial charge >= 0.3 is 0 Å². The largest absolute Gasteiger partial charge is 0.394 e. The van der Waals surface area contributed by atoms with E-state index in [1.165, 1.54) is 0 Å². The molecule has 2 rings (SSSR count). The van der Waals surface area contributed by atoms with E-state index in [-0.39, 0.29) is 0 Å². The van der Waals surface area contributed by atoms with Gasteiger partial charge in [0.25, 0.3) is 0 Å². The highest BCUT2D eigenvalue weighted by Crippen LogP contribution is 2.36. The van der Waals surface area contributed by atoms with Gasteiger partial charge in [-0.3, -0.25) is 0 Å². The van der Waals surface area contributed by atoms with Gasteiger partial charge in [-0.15, -0.1) is 0 Å². The monoisotopic (exact) mass is 380 g/mol. The van der Waals surface area contributed by atoms with Crippen molar-refractivity contribution >= 4 is 0 Å². The third kappa shape index (κ3) is 4.21. The Kier molecular flexibility index (Phi) is 7.03. The predicted molar refractivity (Wildman–Crippen MR) is 89.0 cm³/mol. The second-order valence-electron chi connectivity index (χ2n) is 8.29. The van der Waals surface area contributed by atoms with Gasteiger partial charge in [0.1, 0.15) is 36.6 Å². The number of aliphatic hydroxyl groups is 6. The smallest absolute Gasteiger partial charge is 0.184 e. The van der Waals surface area contributed by atoms with E-state index in [4.69, 9.17) is 14.2 Å². The van der Waals surface area contributed by atoms with Crippen LogP contribution in [0.5, 0.6) is 0 Å². The van der Waals surface area contributed by atoms with Crippen LogP contribution in [0.4, 0.5) is 0 Å². The van der Waals surface area contributed by atoms with Crippen LogP contribution in [-0.4, -0.2) is 99.0 Å². The molecule has 0 aromatic carbocycles. The second kappa shape index (κ2) is 8.34. The Morgan fingerprint density at radius 1 is 0.808 bits per heavy atom. The molecule has 0 radical (unpaired) electrons. The SMILES string of the molecule is CC1C(O)C(CO)OC(OC2C(CO)OC(C(C)(C)C)C(O)C2O)C1O. The van der Waals surface area contributed by atoms with Gasteiger partial charge in [0, 0.05) is 5.92 Å². The van der Waals surface area contributed by atoms with Crippen LogP contribution in [0.3, 0.4) is 0 Å². The zero-order valence-electron chi connectivity index (χ0n) is 15.6. The highest BCUT2D eigenvalue weighted by Gasteiger charge is 2.51. The topological polar surface area (TPSA) is 149 Å². The summed E-state index contributed by atoms with van der Waals surface area (Å²) in [6, 6.07) is 0. The van der Waals surface area contributed by atoms with E-state index in [0.717, 1.165) is 0 Å². The normalized spacial score (nSPS) is 47.8. The summed E-state index contributed by atoms with van der Waals surface area (Å²) in [6.45, 7) is 6.16. The van der Waals surface area contributed by atoms with Crippen LogP contribution in [0.2, 0.25) is 0 Å². The van der Waals surface area contributed by atoms with Crippen LogP contribution < -0.4 is 0 Å². The highest BCUT2D eigenvalue weighted by molar-refractivity contribution is 4.98. The summed E-state index contributed by atoms with van der Waals surface area (Å²) in [5.41, 5.74) is -0.486. The van der Waals surface area contributed by atoms with Crippen molar-refractivity contribution < 1.29 is 44.8 Å². The number of rotatable bonds is 4. The van der Waals surface area contributed by atoms with E-state index in [1.807, 2.05) is 20.8 Å². The molecule has 2 fully saturated rings. The first-order valence-corrected chi connectivity index (χ1v) is 8.93. The molecule has 26 heavy (non-hydrogen) atoms. The van der Waals surface area contributed by atoms with Crippen molar-refractivity contribution in [1.82, 2.24) is 0 Å². The van der Waals surface area contributed by atoms with Crippen LogP contribution in [0.1, 0.15) is 27.7 Å². The lowest BCUT2D eigenvalue weighted by Gasteiger charge is -2.49. The number of hydrogen-bond acceptors (Lipinski definition) is 9. The van der Waals surface area contributed by atoms with E-state index in [0.29, 0.717) is 0 Å². The molecule has 2 heterocycles. The molecule has 0 bridgehead atoms. The van der Waals surface area contributed by atoms with Crippen LogP contribution in [0.25, 0.3) is 0 Å². The molecule has 0 spiro atoms. The highest BCUT2D eigenvalue weighted by atomic mass is 16.7. The minimum atomic E-state index is -1.38. The molecule has 0 aromatic rings. The van der Waals surface area contributed by atoms with E-state index < -0.39 is 79.7 Å². The minimum Gasteiger partial charge on any atom is -0.394 e. The van der Waals surface area contributed by atoms with Crippen molar-refractivity contribution in [1.29, 1.82) is 0 Å². The summed E-state index contributed by atoms with van der Waals surface area (Å²) in [4.78, 5) is 0. The summed E-state index contributed by atoms with van der Waals surface area (Å²) in [6.07, 6.45) is -9.99. The van der Waals surface area contributed by atoms with E-state index in [9.17, 15) is 30.6 Å². The van der Waals surface area contributed by atoms with Crippen LogP contribution in [0, 0.1) is 11.3 Å². The van der Waals surface area contributed by atoms with Crippen molar-refractivity contribution in [2.24, 2.45) is 11.3 Å². The lowest BCUT2D eigenvalue weighted by Crippen LogP contribution is -2.64. The van der Waals surface area contributed by atoms with Gasteiger partial charge in [-0.25, -0.2) is 0 Å². The summed E-state index contributed by atoms with van der Waals surface area (Å²) >= 11 is 0. The summed E-state index contributed by atoms with van der Waals surface area (Å²) in [5.74, 6) is -0.646. The zero-order valence-corrected chi connectivity index (χ0v) is 15.6. The van der Waals surface area contributed by atoms with Gasteiger partial charge in [-0.05, 0) is 5.41 Å². The molecule has 9 heteroatoms. The van der Waals surface area contributed by atoms with E-state index in [2.05, 4.69) is 0 Å². The molecule has 2 saturated heterocycles. The standard InChI is InChI=1S/C17H32O9/c1-7-10(20)8(5-18)25-16(11(7)21)26-14-9(6-19)24-15(17(2,3)4)13(23)12(14)22/h7-16,18-23H,5-6H2,1-4H3. The molecule has 2 aliphatic rings. The molecule has 0 aromatic heterocycles. The maximum absolute atomic E-state index is 10.5. The molecule has 2 aliphatic heterocycles. The molecular weight excluding hydrogens is 348 g/mol. The van der Waals surface area contributed by atoms with Crippen LogP contribution >= 0.6 is 0 Å². The third-order valence-electron chi connectivity index (χ3n) is 5.24. The van der Waals surface area contributed by atoms with Gasteiger partial charge in [-0.1, -0.05) is 27.7 Å². The molecule has 0 saturated carbocycles. The Bertz CT molecular complexity index is 450. The number of ether oxygens (including phenoxy) is 3. The average molecular weight is 380 g/mol. The van der Waals surface area contributed by atoms with Crippen molar-refractivity contribution in [3.63, 3.8) is 0 Å². The lowest BCUT2D eigenvalue weighted by molar-refractivity contribution is -0.339. The predicted octanol–water partition coefficient (Wildman–Crippen LogP) is -2.03. The van der Waals surface area contributed by atoms with Crippen molar-refractivity contribution in [2.45, 2.75) is 82.8 Å². The Morgan fingerprint density at radius 2 is 1.38 bits per heavy atom. The Labute approximate surface area is 153 Å². The minimum absolute atomic E-state index is 0.467. The quantitative estimate of drug-likeness (QED) is 0.325. The fraction of sp³-hybridized carbons (Fsp3) is 1.00. The average Bonchev–Trinajstić information content (AvgIpc) is 2.58. The van der Waals surface area contributed by atoms with Gasteiger partial charge in [0.15, 0.2) is 6.29 Å². The molecule has 0 aliphatic carbocycles. The molecular formula is C17H32O9. The Morgan fingerprint density at radius 3 is 1.88 bits per heavy atom. The van der Waals surface area contributed by atoms with Gasteiger partial charge in [0.05, 0.1) is 25.4 Å². The van der Waals surface area contributed by atoms with E-state index >= 15 is 0 Å². The Balaban J connectivity index is 2.16. The summed E-state index contributed by atoms with van der Waals surface area (Å²) < 4.78 is 16.8. The first kappa shape index (κ1) is 21.9. The maximum Gasteiger partial charge on any atom is 0.184 e. The molecule has 154 valence electrons. The fourth-order valence-electron chi connectivity index (χ4n) is 3.51. The number of hydrogen-bond donors (Lipinski definition) is 6. The van der Waals surface area contributed by atoms with Gasteiger partial charge in [-0.2, -0.15) is 0 Å². The lowest BCUT2D eigenvalue weighted by atomic mass is 9.80. The summed E-state index contributed by atoms with van der Waals surface area (Å²) in [7, 11) is 0. The zero-order chi connectivity index (χ0) is 19.8. The first-order valence-electron chi connectivity index (χ1n) is 8.93. The maximum atomic E-state index is 10.5. The van der Waals surface area contributed by atoms with Crippen molar-refractivity contribution in [3.05, 3.63) is 0 Å². The summed E-state index contributed by atoms with van der Waals surface area (Å²) in [5, 5.41) is 60.2. The molecule has 9 nitrogen and oxygen atoms in total.